The van der Waals surface area contributed by atoms with Crippen LogP contribution in [0.1, 0.15) is 43.9 Å². The number of aryl methyl sites for hydroxylation is 1. The number of rotatable bonds is 15. The number of anilines is 1. The molecule has 2 atom stereocenters. The highest BCUT2D eigenvalue weighted by atomic mass is 35.5. The van der Waals surface area contributed by atoms with E-state index in [1.54, 1.807) is 31.2 Å². The van der Waals surface area contributed by atoms with E-state index in [9.17, 15) is 18.0 Å². The summed E-state index contributed by atoms with van der Waals surface area (Å²) in [6, 6.07) is 28.6. The molecule has 0 radical (unpaired) electrons. The van der Waals surface area contributed by atoms with Crippen molar-refractivity contribution >= 4 is 39.1 Å². The van der Waals surface area contributed by atoms with Crippen molar-refractivity contribution in [2.45, 2.75) is 64.1 Å². The molecular formula is C37H42ClN3O5S. The van der Waals surface area contributed by atoms with Crippen LogP contribution in [0.15, 0.2) is 108 Å². The predicted molar refractivity (Wildman–Crippen MR) is 187 cm³/mol. The lowest BCUT2D eigenvalue weighted by Crippen LogP contribution is -2.54. The molecule has 0 aliphatic heterocycles. The van der Waals surface area contributed by atoms with E-state index < -0.39 is 28.5 Å². The standard InChI is InChI=1S/C37H42ClN3O5S/c1-5-28(4)39-37(43)34(24-29-12-8-7-9-13-29)40(25-30-18-16-27(3)17-19-30)36(42)26-41(33-14-10-11-15-35(33)46-6-2)47(44,45)32-22-20-31(38)21-23-32/h7-23,28,34H,5-6,24-26H2,1-4H3,(H,39,43)/t28-,34+/m0/s1. The Morgan fingerprint density at radius 2 is 1.49 bits per heavy atom. The molecule has 47 heavy (non-hydrogen) atoms. The van der Waals surface area contributed by atoms with Crippen LogP contribution in [0.25, 0.3) is 0 Å². The number of carbonyl (C=O) groups is 2. The van der Waals surface area contributed by atoms with Crippen LogP contribution >= 0.6 is 11.6 Å². The molecule has 0 heterocycles. The highest BCUT2D eigenvalue weighted by Gasteiger charge is 2.35. The fourth-order valence-electron chi connectivity index (χ4n) is 5.07. The molecule has 248 valence electrons. The van der Waals surface area contributed by atoms with Gasteiger partial charge in [0.15, 0.2) is 0 Å². The maximum absolute atomic E-state index is 14.7. The van der Waals surface area contributed by atoms with Crippen molar-refractivity contribution in [3.63, 3.8) is 0 Å². The molecule has 4 rings (SSSR count). The third kappa shape index (κ3) is 9.36. The van der Waals surface area contributed by atoms with Gasteiger partial charge in [-0.05, 0) is 74.7 Å². The van der Waals surface area contributed by atoms with Gasteiger partial charge in [-0.15, -0.1) is 0 Å². The Bertz CT molecular complexity index is 1730. The molecule has 4 aromatic carbocycles. The van der Waals surface area contributed by atoms with Crippen LogP contribution in [-0.2, 0) is 32.6 Å². The first-order valence-corrected chi connectivity index (χ1v) is 17.5. The Kier molecular flexibility index (Phi) is 12.4. The van der Waals surface area contributed by atoms with Gasteiger partial charge in [-0.1, -0.05) is 90.8 Å². The van der Waals surface area contributed by atoms with E-state index >= 15 is 0 Å². The number of para-hydroxylation sites is 2. The van der Waals surface area contributed by atoms with Crippen molar-refractivity contribution in [1.29, 1.82) is 0 Å². The summed E-state index contributed by atoms with van der Waals surface area (Å²) < 4.78 is 35.5. The smallest absolute Gasteiger partial charge is 0.264 e. The summed E-state index contributed by atoms with van der Waals surface area (Å²) >= 11 is 6.09. The third-order valence-corrected chi connectivity index (χ3v) is 9.89. The molecule has 0 aliphatic rings. The average molecular weight is 676 g/mol. The molecule has 0 aliphatic carbocycles. The number of nitrogens with zero attached hydrogens (tertiary/aromatic N) is 2. The highest BCUT2D eigenvalue weighted by Crippen LogP contribution is 2.33. The zero-order chi connectivity index (χ0) is 34.0. The summed E-state index contributed by atoms with van der Waals surface area (Å²) in [5.74, 6) is -0.555. The number of ether oxygens (including phenoxy) is 1. The number of halogens is 1. The first-order chi connectivity index (χ1) is 22.5. The van der Waals surface area contributed by atoms with Crippen molar-refractivity contribution in [1.82, 2.24) is 10.2 Å². The summed E-state index contributed by atoms with van der Waals surface area (Å²) in [5, 5.41) is 3.43. The molecule has 0 aromatic heterocycles. The number of hydrogen-bond acceptors (Lipinski definition) is 5. The van der Waals surface area contributed by atoms with E-state index in [1.165, 1.54) is 29.2 Å². The van der Waals surface area contributed by atoms with Crippen molar-refractivity contribution in [2.75, 3.05) is 17.5 Å². The van der Waals surface area contributed by atoms with Crippen LogP contribution in [0.4, 0.5) is 5.69 Å². The van der Waals surface area contributed by atoms with Crippen molar-refractivity contribution in [2.24, 2.45) is 0 Å². The summed E-state index contributed by atoms with van der Waals surface area (Å²) in [6.07, 6.45) is 0.942. The molecule has 8 nitrogen and oxygen atoms in total. The van der Waals surface area contributed by atoms with Gasteiger partial charge in [0.2, 0.25) is 11.8 Å². The number of sulfonamides is 1. The van der Waals surface area contributed by atoms with E-state index in [2.05, 4.69) is 5.32 Å². The van der Waals surface area contributed by atoms with Gasteiger partial charge in [-0.2, -0.15) is 0 Å². The van der Waals surface area contributed by atoms with E-state index in [0.717, 1.165) is 21.0 Å². The van der Waals surface area contributed by atoms with Gasteiger partial charge >= 0.3 is 0 Å². The fourth-order valence-corrected chi connectivity index (χ4v) is 6.62. The monoisotopic (exact) mass is 675 g/mol. The predicted octanol–water partition coefficient (Wildman–Crippen LogP) is 6.80. The Morgan fingerprint density at radius 1 is 0.851 bits per heavy atom. The minimum Gasteiger partial charge on any atom is -0.492 e. The summed E-state index contributed by atoms with van der Waals surface area (Å²) in [4.78, 5) is 30.1. The van der Waals surface area contributed by atoms with Crippen LogP contribution < -0.4 is 14.4 Å². The van der Waals surface area contributed by atoms with Gasteiger partial charge < -0.3 is 15.0 Å². The van der Waals surface area contributed by atoms with Crippen LogP contribution in [-0.4, -0.2) is 50.4 Å². The number of amides is 2. The summed E-state index contributed by atoms with van der Waals surface area (Å²) in [5.41, 5.74) is 2.93. The normalized spacial score (nSPS) is 12.5. The lowest BCUT2D eigenvalue weighted by atomic mass is 10.0. The second-order valence-electron chi connectivity index (χ2n) is 11.4. The van der Waals surface area contributed by atoms with Crippen molar-refractivity contribution in [3.05, 3.63) is 125 Å². The Hall–Kier alpha value is -4.34. The summed E-state index contributed by atoms with van der Waals surface area (Å²) in [6.45, 7) is 7.45. The van der Waals surface area contributed by atoms with Crippen LogP contribution in [0, 0.1) is 6.92 Å². The van der Waals surface area contributed by atoms with Gasteiger partial charge in [0, 0.05) is 24.0 Å². The Balaban J connectivity index is 1.84. The zero-order valence-corrected chi connectivity index (χ0v) is 28.8. The van der Waals surface area contributed by atoms with Crippen LogP contribution in [0.2, 0.25) is 5.02 Å². The largest absolute Gasteiger partial charge is 0.492 e. The maximum Gasteiger partial charge on any atom is 0.264 e. The maximum atomic E-state index is 14.7. The first kappa shape index (κ1) is 35.5. The molecule has 4 aromatic rings. The molecule has 1 N–H and O–H groups in total. The molecule has 0 saturated heterocycles. The zero-order valence-electron chi connectivity index (χ0n) is 27.2. The topological polar surface area (TPSA) is 96.0 Å². The van der Waals surface area contributed by atoms with Crippen LogP contribution in [0.3, 0.4) is 0 Å². The van der Waals surface area contributed by atoms with Gasteiger partial charge in [0.1, 0.15) is 18.3 Å². The quantitative estimate of drug-likeness (QED) is 0.150. The van der Waals surface area contributed by atoms with Crippen molar-refractivity contribution in [3.8, 4) is 5.75 Å². The molecule has 0 spiro atoms. The highest BCUT2D eigenvalue weighted by molar-refractivity contribution is 7.92. The Labute approximate surface area is 283 Å². The lowest BCUT2D eigenvalue weighted by Gasteiger charge is -2.34. The second-order valence-corrected chi connectivity index (χ2v) is 13.7. The molecule has 0 saturated carbocycles. The number of nitrogens with one attached hydrogen (secondary N) is 1. The summed E-state index contributed by atoms with van der Waals surface area (Å²) in [7, 11) is -4.30. The minimum atomic E-state index is -4.30. The SMILES string of the molecule is CCOc1ccccc1N(CC(=O)N(Cc1ccc(C)cc1)[C@H](Cc1ccccc1)C(=O)N[C@@H](C)CC)S(=O)(=O)c1ccc(Cl)cc1. The van der Waals surface area contributed by atoms with Crippen LogP contribution in [0.5, 0.6) is 5.75 Å². The first-order valence-electron chi connectivity index (χ1n) is 15.7. The van der Waals surface area contributed by atoms with E-state index in [0.29, 0.717) is 17.2 Å². The molecule has 0 unspecified atom stereocenters. The number of benzene rings is 4. The minimum absolute atomic E-state index is 0.0403. The number of carbonyl (C=O) groups excluding carboxylic acids is 2. The van der Waals surface area contributed by atoms with Gasteiger partial charge in [0.05, 0.1) is 17.2 Å². The van der Waals surface area contributed by atoms with Gasteiger partial charge in [-0.25, -0.2) is 8.42 Å². The van der Waals surface area contributed by atoms with Crippen molar-refractivity contribution < 1.29 is 22.7 Å². The van der Waals surface area contributed by atoms with E-state index in [4.69, 9.17) is 16.3 Å². The third-order valence-electron chi connectivity index (χ3n) is 7.86. The molecule has 2 amide bonds. The molecule has 0 fully saturated rings. The fraction of sp³-hybridized carbons (Fsp3) is 0.297. The molecule has 0 bridgehead atoms. The average Bonchev–Trinajstić information content (AvgIpc) is 3.07. The molecule has 10 heteroatoms. The molecular weight excluding hydrogens is 634 g/mol. The van der Waals surface area contributed by atoms with E-state index in [-0.39, 0.29) is 42.1 Å². The van der Waals surface area contributed by atoms with Gasteiger partial charge in [0.25, 0.3) is 10.0 Å². The number of hydrogen-bond donors (Lipinski definition) is 1. The Morgan fingerprint density at radius 3 is 2.13 bits per heavy atom. The lowest BCUT2D eigenvalue weighted by molar-refractivity contribution is -0.140. The van der Waals surface area contributed by atoms with Gasteiger partial charge in [-0.3, -0.25) is 13.9 Å². The van der Waals surface area contributed by atoms with E-state index in [1.807, 2.05) is 75.4 Å². The second kappa shape index (κ2) is 16.5.